The molecule has 1 fully saturated rings. The lowest BCUT2D eigenvalue weighted by Crippen LogP contribution is -2.33. The van der Waals surface area contributed by atoms with E-state index in [0.29, 0.717) is 19.6 Å². The van der Waals surface area contributed by atoms with Gasteiger partial charge >= 0.3 is 5.97 Å². The van der Waals surface area contributed by atoms with Crippen molar-refractivity contribution in [2.45, 2.75) is 173 Å². The summed E-state index contributed by atoms with van der Waals surface area (Å²) in [4.78, 5) is 11.9. The Morgan fingerprint density at radius 2 is 1.42 bits per heavy atom. The molecule has 10 heteroatoms. The van der Waals surface area contributed by atoms with Crippen LogP contribution in [0.25, 0.3) is 0 Å². The Hall–Kier alpha value is -1.85. The lowest BCUT2D eigenvalue weighted by Gasteiger charge is -2.12. The van der Waals surface area contributed by atoms with Gasteiger partial charge in [-0.05, 0) is 44.7 Å². The lowest BCUT2D eigenvalue weighted by atomic mass is 10.0. The van der Waals surface area contributed by atoms with Crippen LogP contribution in [-0.4, -0.2) is 44.5 Å². The van der Waals surface area contributed by atoms with Gasteiger partial charge in [-0.15, -0.1) is 0 Å². The molecule has 0 bridgehead atoms. The Morgan fingerprint density at radius 3 is 1.96 bits per heavy atom. The van der Waals surface area contributed by atoms with Gasteiger partial charge in [0.1, 0.15) is 29.4 Å². The molecule has 0 N–H and O–H groups in total. The number of carbonyl (C=O) groups excluding carboxylic acids is 1. The maximum atomic E-state index is 12.0. The Balaban J connectivity index is 0.000000613. The Bertz CT molecular complexity index is 1200. The van der Waals surface area contributed by atoms with Crippen LogP contribution in [0.15, 0.2) is 40.1 Å². The van der Waals surface area contributed by atoms with Crippen molar-refractivity contribution in [1.29, 1.82) is 0 Å². The second kappa shape index (κ2) is 26.0. The fourth-order valence-electron chi connectivity index (χ4n) is 5.70. The van der Waals surface area contributed by atoms with Crippen molar-refractivity contribution >= 4 is 27.4 Å². The Morgan fingerprint density at radius 1 is 0.854 bits per heavy atom. The lowest BCUT2D eigenvalue weighted by molar-refractivity contribution is -0.698. The van der Waals surface area contributed by atoms with Crippen molar-refractivity contribution in [3.05, 3.63) is 46.4 Å². The zero-order valence-corrected chi connectivity index (χ0v) is 31.6. The molecule has 3 rings (SSSR count). The number of esters is 1. The summed E-state index contributed by atoms with van der Waals surface area (Å²) in [6.07, 6.45) is 24.9. The van der Waals surface area contributed by atoms with Crippen molar-refractivity contribution in [1.82, 2.24) is 0 Å². The van der Waals surface area contributed by atoms with Gasteiger partial charge in [-0.25, -0.2) is 8.42 Å². The van der Waals surface area contributed by atoms with Crippen molar-refractivity contribution < 1.29 is 36.5 Å². The van der Waals surface area contributed by atoms with Gasteiger partial charge < -0.3 is 18.8 Å². The minimum absolute atomic E-state index is 0.108. The van der Waals surface area contributed by atoms with E-state index in [2.05, 4.69) is 29.3 Å². The van der Waals surface area contributed by atoms with Crippen LogP contribution in [0.5, 0.6) is 0 Å². The van der Waals surface area contributed by atoms with Crippen LogP contribution in [0.3, 0.4) is 0 Å². The first-order valence-electron chi connectivity index (χ1n) is 18.6. The zero-order valence-electron chi connectivity index (χ0n) is 30.0. The molecule has 0 aliphatic carbocycles. The summed E-state index contributed by atoms with van der Waals surface area (Å²) in [5.74, 6) is -0.117. The quantitative estimate of drug-likeness (QED) is 0.0438. The summed E-state index contributed by atoms with van der Waals surface area (Å²) in [6.45, 7) is 8.12. The van der Waals surface area contributed by atoms with E-state index >= 15 is 0 Å². The zero-order chi connectivity index (χ0) is 34.9. The molecule has 0 radical (unpaired) electrons. The van der Waals surface area contributed by atoms with E-state index in [4.69, 9.17) is 14.2 Å². The number of hydrogen-bond donors (Lipinski definition) is 0. The van der Waals surface area contributed by atoms with Gasteiger partial charge in [0.15, 0.2) is 12.0 Å². The van der Waals surface area contributed by atoms with Crippen LogP contribution in [0.1, 0.15) is 147 Å². The van der Waals surface area contributed by atoms with Gasteiger partial charge in [-0.2, -0.15) is 4.57 Å². The summed E-state index contributed by atoms with van der Waals surface area (Å²) < 4.78 is 50.6. The number of rotatable bonds is 25. The number of unbranched alkanes of at least 4 members (excludes halogenated alkanes) is 16. The maximum absolute atomic E-state index is 12.0. The molecule has 1 aliphatic heterocycles. The second-order valence-corrected chi connectivity index (χ2v) is 15.3. The first-order chi connectivity index (χ1) is 23.2. The average Bonchev–Trinajstić information content (AvgIpc) is 3.70. The summed E-state index contributed by atoms with van der Waals surface area (Å²) in [7, 11) is -4.27. The van der Waals surface area contributed by atoms with Gasteiger partial charge in [0.2, 0.25) is 5.51 Å². The molecule has 1 aromatic heterocycles. The molecule has 2 heterocycles. The third-order valence-corrected chi connectivity index (χ3v) is 10.5. The molecule has 2 unspecified atom stereocenters. The van der Waals surface area contributed by atoms with Gasteiger partial charge in [-0.1, -0.05) is 126 Å². The third-order valence-electron chi connectivity index (χ3n) is 8.76. The number of aryl methyl sites for hydroxylation is 3. The smallest absolute Gasteiger partial charge is 0.305 e. The standard InChI is InChI=1S/C31H56NO4S.C7H8O3S/c1-3-4-5-6-7-8-9-10-11-12-13-14-15-16-19-22-31-35-25-29(36-31)24-34-30(33)21-18-17-20-23-32-27-37-26-28(32)2;1-6-2-4-7(5-3-6)11(8,9)10/h26-27,29,31H,3-25H2,1-2H3;2-5H,1H3,(H,8,9,10)/q+1;/p-1. The van der Waals surface area contributed by atoms with Gasteiger partial charge in [0.25, 0.3) is 0 Å². The summed E-state index contributed by atoms with van der Waals surface area (Å²) in [6, 6.07) is 5.78. The Labute approximate surface area is 295 Å². The van der Waals surface area contributed by atoms with E-state index in [-0.39, 0.29) is 23.3 Å². The average molecular weight is 710 g/mol. The Kier molecular flexibility index (Phi) is 22.9. The highest BCUT2D eigenvalue weighted by Gasteiger charge is 2.26. The van der Waals surface area contributed by atoms with Crippen LogP contribution in [0, 0.1) is 13.8 Å². The topological polar surface area (TPSA) is 106 Å². The molecular formula is C38H63NO7S2. The van der Waals surface area contributed by atoms with Crippen LogP contribution in [-0.2, 0) is 35.7 Å². The molecule has 0 amide bonds. The molecule has 0 saturated carbocycles. The highest BCUT2D eigenvalue weighted by molar-refractivity contribution is 7.85. The van der Waals surface area contributed by atoms with Crippen molar-refractivity contribution in [3.63, 3.8) is 0 Å². The highest BCUT2D eigenvalue weighted by Crippen LogP contribution is 2.19. The fourth-order valence-corrected chi connectivity index (χ4v) is 6.98. The molecule has 1 aliphatic rings. The number of hydrogen-bond acceptors (Lipinski definition) is 8. The summed E-state index contributed by atoms with van der Waals surface area (Å²) in [5, 5.41) is 2.16. The molecule has 274 valence electrons. The van der Waals surface area contributed by atoms with E-state index in [1.54, 1.807) is 23.5 Å². The number of aromatic nitrogens is 1. The molecule has 1 saturated heterocycles. The molecule has 0 spiro atoms. The minimum Gasteiger partial charge on any atom is -0.744 e. The first-order valence-corrected chi connectivity index (χ1v) is 20.9. The fraction of sp³-hybridized carbons (Fsp3) is 0.737. The van der Waals surface area contributed by atoms with Crippen molar-refractivity contribution in [3.8, 4) is 0 Å². The minimum atomic E-state index is -4.27. The van der Waals surface area contributed by atoms with Crippen LogP contribution < -0.4 is 4.57 Å². The molecule has 1 aromatic carbocycles. The highest BCUT2D eigenvalue weighted by atomic mass is 32.2. The van der Waals surface area contributed by atoms with Gasteiger partial charge in [0, 0.05) is 19.8 Å². The number of carbonyl (C=O) groups is 1. The van der Waals surface area contributed by atoms with E-state index < -0.39 is 10.1 Å². The predicted octanol–water partition coefficient (Wildman–Crippen LogP) is 9.35. The molecule has 2 aromatic rings. The molecule has 48 heavy (non-hydrogen) atoms. The third kappa shape index (κ3) is 20.6. The van der Waals surface area contributed by atoms with Gasteiger partial charge in [-0.3, -0.25) is 4.79 Å². The number of thiazole rings is 1. The number of nitrogens with zero attached hydrogens (tertiary/aromatic N) is 1. The first kappa shape index (κ1) is 42.3. The molecule has 2 atom stereocenters. The molecule has 8 nitrogen and oxygen atoms in total. The van der Waals surface area contributed by atoms with Crippen LogP contribution >= 0.6 is 11.3 Å². The number of benzene rings is 1. The normalized spacial score (nSPS) is 16.1. The largest absolute Gasteiger partial charge is 0.744 e. The monoisotopic (exact) mass is 709 g/mol. The van der Waals surface area contributed by atoms with Gasteiger partial charge in [0.05, 0.1) is 16.9 Å². The van der Waals surface area contributed by atoms with Crippen molar-refractivity contribution in [2.75, 3.05) is 13.2 Å². The summed E-state index contributed by atoms with van der Waals surface area (Å²) in [5.41, 5.74) is 4.39. The number of ether oxygens (including phenoxy) is 3. The molecular weight excluding hydrogens is 647 g/mol. The van der Waals surface area contributed by atoms with E-state index in [1.165, 1.54) is 108 Å². The predicted molar refractivity (Wildman–Crippen MR) is 192 cm³/mol. The summed E-state index contributed by atoms with van der Waals surface area (Å²) >= 11 is 1.73. The van der Waals surface area contributed by atoms with E-state index in [9.17, 15) is 17.8 Å². The van der Waals surface area contributed by atoms with E-state index in [1.807, 2.05) is 6.92 Å². The maximum Gasteiger partial charge on any atom is 0.305 e. The van der Waals surface area contributed by atoms with E-state index in [0.717, 1.165) is 44.2 Å². The SMILES string of the molecule is CCCCCCCCCCCCCCCCCC1OCC(COC(=O)CCCCC[n+]2cscc2C)O1.Cc1ccc(S(=O)(=O)[O-])cc1. The second-order valence-electron chi connectivity index (χ2n) is 13.2. The van der Waals surface area contributed by atoms with Crippen LogP contribution in [0.4, 0.5) is 0 Å². The van der Waals surface area contributed by atoms with Crippen molar-refractivity contribution in [2.24, 2.45) is 0 Å². The van der Waals surface area contributed by atoms with Crippen LogP contribution in [0.2, 0.25) is 0 Å².